The molecular weight excluding hydrogens is 518 g/mol. The molecule has 8 N–H and O–H groups in total. The van der Waals surface area contributed by atoms with Gasteiger partial charge in [0.1, 0.15) is 0 Å². The summed E-state index contributed by atoms with van der Waals surface area (Å²) in [5.41, 5.74) is 10.4. The zero-order valence-electron chi connectivity index (χ0n) is 25.1. The Bertz CT molecular complexity index is 511. The first kappa shape index (κ1) is 40.4. The standard InChI is InChI=1S/C14H34N3OP.C14H32NO3P/c1-2-3-4-5-6-7-8-9-10-11-12-13-14-17-19(15,16)18;1-2-3-4-5-6-7-8-9-10-11-12-13-14-15-19(16,17)18/h2-14H2,1H3,(H5,15,16,17,18);2-14H2,1H3,(H3,15,16,17,18). The summed E-state index contributed by atoms with van der Waals surface area (Å²) in [5, 5.41) is 4.89. The Morgan fingerprint density at radius 2 is 0.684 bits per heavy atom. The molecule has 0 atom stereocenters. The van der Waals surface area contributed by atoms with Gasteiger partial charge in [-0.15, -0.1) is 0 Å². The molecule has 0 aliphatic carbocycles. The van der Waals surface area contributed by atoms with E-state index in [0.29, 0.717) is 13.1 Å². The van der Waals surface area contributed by atoms with E-state index < -0.39 is 15.3 Å². The summed E-state index contributed by atoms with van der Waals surface area (Å²) >= 11 is 0. The van der Waals surface area contributed by atoms with Gasteiger partial charge in [0.05, 0.1) is 0 Å². The second kappa shape index (κ2) is 30.2. The summed E-state index contributed by atoms with van der Waals surface area (Å²) in [4.78, 5) is 17.2. The normalized spacial score (nSPS) is 11.9. The molecule has 0 unspecified atom stereocenters. The maximum atomic E-state index is 11.0. The molecule has 8 nitrogen and oxygen atoms in total. The predicted octanol–water partition coefficient (Wildman–Crippen LogP) is 8.67. The summed E-state index contributed by atoms with van der Waals surface area (Å²) in [7, 11) is -7.00. The van der Waals surface area contributed by atoms with E-state index in [9.17, 15) is 9.13 Å². The van der Waals surface area contributed by atoms with Crippen molar-refractivity contribution in [1.82, 2.24) is 10.2 Å². The van der Waals surface area contributed by atoms with E-state index in [1.54, 1.807) is 0 Å². The number of nitrogens with one attached hydrogen (secondary N) is 2. The number of nitrogens with two attached hydrogens (primary N) is 2. The van der Waals surface area contributed by atoms with Crippen molar-refractivity contribution in [3.63, 3.8) is 0 Å². The van der Waals surface area contributed by atoms with Crippen LogP contribution in [0.2, 0.25) is 0 Å². The molecule has 0 fully saturated rings. The summed E-state index contributed by atoms with van der Waals surface area (Å²) in [6.07, 6.45) is 31.1. The lowest BCUT2D eigenvalue weighted by Gasteiger charge is -2.08. The van der Waals surface area contributed by atoms with Crippen LogP contribution in [-0.4, -0.2) is 22.9 Å². The predicted molar refractivity (Wildman–Crippen MR) is 166 cm³/mol. The highest BCUT2D eigenvalue weighted by molar-refractivity contribution is 7.56. The molecular formula is C28H66N4O4P2. The highest BCUT2D eigenvalue weighted by Gasteiger charge is 2.09. The van der Waals surface area contributed by atoms with Crippen molar-refractivity contribution in [3.05, 3.63) is 0 Å². The number of hydrogen-bond acceptors (Lipinski definition) is 2. The lowest BCUT2D eigenvalue weighted by Crippen LogP contribution is -2.22. The van der Waals surface area contributed by atoms with Crippen LogP contribution >= 0.6 is 15.3 Å². The molecule has 0 aliphatic rings. The molecule has 0 saturated heterocycles. The molecule has 0 spiro atoms. The van der Waals surface area contributed by atoms with Crippen LogP contribution in [0.25, 0.3) is 0 Å². The van der Waals surface area contributed by atoms with Gasteiger partial charge in [-0.3, -0.25) is 15.6 Å². The van der Waals surface area contributed by atoms with Crippen molar-refractivity contribution >= 4 is 15.3 Å². The Balaban J connectivity index is 0. The number of hydrogen-bond donors (Lipinski definition) is 6. The Kier molecular flexibility index (Phi) is 32.1. The van der Waals surface area contributed by atoms with Crippen LogP contribution in [0.3, 0.4) is 0 Å². The zero-order valence-corrected chi connectivity index (χ0v) is 26.9. The SMILES string of the molecule is CCCCCCCCCCCCCCNP(=O)(O)O.CCCCCCCCCCCCCCNP(N)(N)=O. The van der Waals surface area contributed by atoms with Gasteiger partial charge in [0.2, 0.25) is 0 Å². The molecule has 0 bridgehead atoms. The lowest BCUT2D eigenvalue weighted by atomic mass is 10.1. The van der Waals surface area contributed by atoms with E-state index in [2.05, 4.69) is 24.0 Å². The molecule has 0 radical (unpaired) electrons. The van der Waals surface area contributed by atoms with Crippen molar-refractivity contribution in [2.45, 2.75) is 168 Å². The first-order valence-corrected chi connectivity index (χ1v) is 19.3. The Morgan fingerprint density at radius 3 is 0.921 bits per heavy atom. The third kappa shape index (κ3) is 43.3. The smallest absolute Gasteiger partial charge is 0.313 e. The first-order valence-electron chi connectivity index (χ1n) is 15.9. The minimum atomic E-state index is -4.00. The summed E-state index contributed by atoms with van der Waals surface area (Å²) < 4.78 is 21.5. The number of rotatable bonds is 28. The van der Waals surface area contributed by atoms with E-state index in [1.165, 1.54) is 135 Å². The monoisotopic (exact) mass is 584 g/mol. The fraction of sp³-hybridized carbons (Fsp3) is 1.00. The molecule has 0 heterocycles. The molecule has 0 rings (SSSR count). The van der Waals surface area contributed by atoms with Gasteiger partial charge >= 0.3 is 7.75 Å². The van der Waals surface area contributed by atoms with Crippen molar-refractivity contribution in [1.29, 1.82) is 0 Å². The third-order valence-corrected chi connectivity index (χ3v) is 8.09. The molecule has 0 aromatic heterocycles. The second-order valence-electron chi connectivity index (χ2n) is 10.8. The van der Waals surface area contributed by atoms with Crippen LogP contribution in [0.15, 0.2) is 0 Å². The maximum absolute atomic E-state index is 11.0. The molecule has 232 valence electrons. The quantitative estimate of drug-likeness (QED) is 0.0395. The van der Waals surface area contributed by atoms with Crippen LogP contribution in [0.1, 0.15) is 168 Å². The molecule has 0 aromatic rings. The van der Waals surface area contributed by atoms with E-state index in [4.69, 9.17) is 20.8 Å². The van der Waals surface area contributed by atoms with E-state index in [0.717, 1.165) is 19.3 Å². The Hall–Kier alpha value is 0.220. The van der Waals surface area contributed by atoms with Crippen LogP contribution in [-0.2, 0) is 9.13 Å². The van der Waals surface area contributed by atoms with E-state index in [1.807, 2.05) is 0 Å². The fourth-order valence-electron chi connectivity index (χ4n) is 4.41. The van der Waals surface area contributed by atoms with Crippen molar-refractivity contribution < 1.29 is 18.9 Å². The topological polar surface area (TPSA) is 151 Å². The van der Waals surface area contributed by atoms with Gasteiger partial charge in [-0.05, 0) is 12.8 Å². The summed E-state index contributed by atoms with van der Waals surface area (Å²) in [5.74, 6) is 0. The van der Waals surface area contributed by atoms with E-state index in [-0.39, 0.29) is 0 Å². The van der Waals surface area contributed by atoms with Crippen LogP contribution < -0.4 is 21.2 Å². The molecule has 0 saturated carbocycles. The first-order chi connectivity index (χ1) is 18.1. The lowest BCUT2D eigenvalue weighted by molar-refractivity contribution is 0.356. The summed E-state index contributed by atoms with van der Waals surface area (Å²) in [6, 6.07) is 0. The minimum absolute atomic E-state index is 0.418. The highest BCUT2D eigenvalue weighted by atomic mass is 31.2. The minimum Gasteiger partial charge on any atom is -0.313 e. The highest BCUT2D eigenvalue weighted by Crippen LogP contribution is 2.27. The van der Waals surface area contributed by atoms with Gasteiger partial charge in [0.15, 0.2) is 0 Å². The molecule has 10 heteroatoms. The van der Waals surface area contributed by atoms with Gasteiger partial charge in [-0.2, -0.15) is 0 Å². The molecule has 0 amide bonds. The van der Waals surface area contributed by atoms with Crippen molar-refractivity contribution in [2.75, 3.05) is 13.1 Å². The molecule has 38 heavy (non-hydrogen) atoms. The van der Waals surface area contributed by atoms with Crippen LogP contribution in [0.5, 0.6) is 0 Å². The van der Waals surface area contributed by atoms with Crippen LogP contribution in [0, 0.1) is 0 Å². The van der Waals surface area contributed by atoms with Gasteiger partial charge in [-0.1, -0.05) is 155 Å². The maximum Gasteiger partial charge on any atom is 0.400 e. The van der Waals surface area contributed by atoms with Gasteiger partial charge in [0, 0.05) is 13.1 Å². The average Bonchev–Trinajstić information content (AvgIpc) is 2.84. The average molecular weight is 585 g/mol. The van der Waals surface area contributed by atoms with E-state index >= 15 is 0 Å². The van der Waals surface area contributed by atoms with Crippen molar-refractivity contribution in [3.8, 4) is 0 Å². The van der Waals surface area contributed by atoms with Crippen LogP contribution in [0.4, 0.5) is 0 Å². The van der Waals surface area contributed by atoms with Crippen molar-refractivity contribution in [2.24, 2.45) is 11.0 Å². The molecule has 0 aromatic carbocycles. The van der Waals surface area contributed by atoms with Gasteiger partial charge in [-0.25, -0.2) is 14.7 Å². The van der Waals surface area contributed by atoms with Gasteiger partial charge in [0.25, 0.3) is 7.59 Å². The third-order valence-electron chi connectivity index (χ3n) is 6.74. The fourth-order valence-corrected chi connectivity index (χ4v) is 5.37. The number of unbranched alkanes of at least 4 members (excludes halogenated alkanes) is 22. The molecule has 0 aliphatic heterocycles. The Morgan fingerprint density at radius 1 is 0.447 bits per heavy atom. The Labute approximate surface area is 236 Å². The second-order valence-corrected chi connectivity index (χ2v) is 14.0. The zero-order chi connectivity index (χ0) is 28.8. The largest absolute Gasteiger partial charge is 0.400 e. The summed E-state index contributed by atoms with van der Waals surface area (Å²) in [6.45, 7) is 5.59. The van der Waals surface area contributed by atoms with Gasteiger partial charge < -0.3 is 9.79 Å².